The molecule has 0 radical (unpaired) electrons. The molecule has 1 unspecified atom stereocenters. The minimum atomic E-state index is -1.12. The van der Waals surface area contributed by atoms with Crippen molar-refractivity contribution in [2.24, 2.45) is 0 Å². The second-order valence-corrected chi connectivity index (χ2v) is 4.36. The molecule has 1 aromatic heterocycles. The maximum Gasteiger partial charge on any atom is 0.405 e. The van der Waals surface area contributed by atoms with Crippen LogP contribution in [0.3, 0.4) is 0 Å². The molecule has 9 nitrogen and oxygen atoms in total. The van der Waals surface area contributed by atoms with Crippen LogP contribution in [0.2, 0.25) is 0 Å². The number of anilines is 2. The van der Waals surface area contributed by atoms with E-state index in [4.69, 9.17) is 5.11 Å². The van der Waals surface area contributed by atoms with Crippen molar-refractivity contribution in [2.45, 2.75) is 6.04 Å². The van der Waals surface area contributed by atoms with Gasteiger partial charge in [0.15, 0.2) is 5.82 Å². The fourth-order valence-electron chi connectivity index (χ4n) is 2.21. The second-order valence-electron chi connectivity index (χ2n) is 4.36. The molecule has 2 heterocycles. The first kappa shape index (κ1) is 12.2. The number of aromatic amines is 1. The van der Waals surface area contributed by atoms with E-state index >= 15 is 0 Å². The average molecular weight is 275 g/mol. The van der Waals surface area contributed by atoms with Gasteiger partial charge in [-0.3, -0.25) is 0 Å². The van der Waals surface area contributed by atoms with Crippen LogP contribution in [-0.2, 0) is 0 Å². The van der Waals surface area contributed by atoms with Gasteiger partial charge in [-0.25, -0.2) is 9.89 Å². The first-order valence-electron chi connectivity index (χ1n) is 6.05. The number of para-hydroxylation sites is 2. The third-order valence-electron chi connectivity index (χ3n) is 3.10. The molecule has 0 aliphatic carbocycles. The number of carboxylic acid groups (broad SMARTS) is 1. The van der Waals surface area contributed by atoms with E-state index in [-0.39, 0.29) is 0 Å². The average Bonchev–Trinajstić information content (AvgIpc) is 3.07. The van der Waals surface area contributed by atoms with Crippen molar-refractivity contribution in [3.8, 4) is 0 Å². The highest BCUT2D eigenvalue weighted by molar-refractivity contribution is 5.74. The number of hydrogen-bond acceptors (Lipinski definition) is 6. The lowest BCUT2D eigenvalue weighted by Gasteiger charge is -2.23. The van der Waals surface area contributed by atoms with E-state index in [1.807, 2.05) is 29.2 Å². The van der Waals surface area contributed by atoms with Crippen LogP contribution < -0.4 is 15.5 Å². The van der Waals surface area contributed by atoms with E-state index in [1.165, 1.54) is 0 Å². The molecule has 0 bridgehead atoms. The third kappa shape index (κ3) is 2.32. The highest BCUT2D eigenvalue weighted by atomic mass is 16.4. The smallest absolute Gasteiger partial charge is 0.405 e. The highest BCUT2D eigenvalue weighted by Gasteiger charge is 2.25. The van der Waals surface area contributed by atoms with Gasteiger partial charge < -0.3 is 20.6 Å². The van der Waals surface area contributed by atoms with E-state index in [2.05, 4.69) is 31.3 Å². The Hall–Kier alpha value is -2.84. The highest BCUT2D eigenvalue weighted by Crippen LogP contribution is 2.31. The number of benzene rings is 1. The van der Waals surface area contributed by atoms with Gasteiger partial charge in [-0.05, 0) is 22.6 Å². The Morgan fingerprint density at radius 1 is 1.50 bits per heavy atom. The van der Waals surface area contributed by atoms with Gasteiger partial charge in [-0.2, -0.15) is 0 Å². The van der Waals surface area contributed by atoms with Crippen molar-refractivity contribution in [3.05, 3.63) is 30.1 Å². The van der Waals surface area contributed by atoms with Crippen molar-refractivity contribution < 1.29 is 9.90 Å². The number of fused-ring (bicyclic) bond motifs is 1. The molecule has 0 spiro atoms. The van der Waals surface area contributed by atoms with Gasteiger partial charge in [-0.15, -0.1) is 5.10 Å². The lowest BCUT2D eigenvalue weighted by Crippen LogP contribution is -2.38. The molecule has 4 N–H and O–H groups in total. The first-order valence-corrected chi connectivity index (χ1v) is 6.05. The fourth-order valence-corrected chi connectivity index (χ4v) is 2.21. The zero-order valence-corrected chi connectivity index (χ0v) is 10.4. The van der Waals surface area contributed by atoms with Crippen molar-refractivity contribution in [1.82, 2.24) is 25.9 Å². The molecule has 104 valence electrons. The van der Waals surface area contributed by atoms with Crippen LogP contribution in [0.15, 0.2) is 24.3 Å². The number of nitrogens with zero attached hydrogens (tertiary/aromatic N) is 4. The molecule has 20 heavy (non-hydrogen) atoms. The number of nitrogens with one attached hydrogen (secondary N) is 3. The summed E-state index contributed by atoms with van der Waals surface area (Å²) >= 11 is 0. The number of carbonyl (C=O) groups is 1. The fraction of sp³-hybridized carbons (Fsp3) is 0.273. The summed E-state index contributed by atoms with van der Waals surface area (Å²) in [6, 6.07) is 7.31. The Balaban J connectivity index is 1.79. The van der Waals surface area contributed by atoms with Gasteiger partial charge >= 0.3 is 6.09 Å². The predicted molar refractivity (Wildman–Crippen MR) is 70.4 cm³/mol. The van der Waals surface area contributed by atoms with Gasteiger partial charge in [0.2, 0.25) is 0 Å². The Morgan fingerprint density at radius 2 is 2.35 bits per heavy atom. The Labute approximate surface area is 114 Å². The van der Waals surface area contributed by atoms with Crippen LogP contribution in [0.4, 0.5) is 16.2 Å². The van der Waals surface area contributed by atoms with Crippen LogP contribution in [0.5, 0.6) is 0 Å². The number of H-pyrrole nitrogens is 1. The van der Waals surface area contributed by atoms with E-state index in [0.29, 0.717) is 19.0 Å². The lowest BCUT2D eigenvalue weighted by atomic mass is 10.2. The van der Waals surface area contributed by atoms with E-state index in [9.17, 15) is 4.79 Å². The van der Waals surface area contributed by atoms with Crippen LogP contribution >= 0.6 is 0 Å². The van der Waals surface area contributed by atoms with Gasteiger partial charge in [0.25, 0.3) is 0 Å². The van der Waals surface area contributed by atoms with E-state index < -0.39 is 12.1 Å². The molecule has 1 aliphatic rings. The summed E-state index contributed by atoms with van der Waals surface area (Å²) in [4.78, 5) is 12.9. The number of amides is 1. The maximum absolute atomic E-state index is 10.9. The molecular weight excluding hydrogens is 262 g/mol. The van der Waals surface area contributed by atoms with Crippen LogP contribution in [0.1, 0.15) is 11.9 Å². The van der Waals surface area contributed by atoms with Gasteiger partial charge in [0, 0.05) is 6.54 Å². The maximum atomic E-state index is 10.9. The number of rotatable bonds is 4. The lowest BCUT2D eigenvalue weighted by molar-refractivity contribution is 0.189. The van der Waals surface area contributed by atoms with E-state index in [0.717, 1.165) is 11.4 Å². The second kappa shape index (κ2) is 5.03. The largest absolute Gasteiger partial charge is 0.465 e. The molecule has 1 amide bonds. The van der Waals surface area contributed by atoms with Crippen molar-refractivity contribution in [3.63, 3.8) is 0 Å². The van der Waals surface area contributed by atoms with Crippen molar-refractivity contribution in [2.75, 3.05) is 23.4 Å². The summed E-state index contributed by atoms with van der Waals surface area (Å²) in [5.74, 6) is 0.386. The molecule has 0 fully saturated rings. The van der Waals surface area contributed by atoms with Crippen molar-refractivity contribution >= 4 is 17.5 Å². The number of tetrazole rings is 1. The first-order chi connectivity index (χ1) is 9.74. The Bertz CT molecular complexity index is 601. The van der Waals surface area contributed by atoms with Crippen molar-refractivity contribution in [1.29, 1.82) is 0 Å². The molecule has 0 saturated heterocycles. The summed E-state index contributed by atoms with van der Waals surface area (Å²) in [6.45, 7) is 1.03. The molecule has 0 saturated carbocycles. The Morgan fingerprint density at radius 3 is 3.10 bits per heavy atom. The monoisotopic (exact) mass is 275 g/mol. The SMILES string of the molecule is O=C(O)NC(CN1CNc2ccccc21)c1nnn[nH]1. The minimum absolute atomic E-state index is 0.386. The number of aromatic nitrogens is 4. The Kier molecular flexibility index (Phi) is 3.07. The van der Waals surface area contributed by atoms with Gasteiger partial charge in [-0.1, -0.05) is 12.1 Å². The zero-order valence-electron chi connectivity index (χ0n) is 10.4. The minimum Gasteiger partial charge on any atom is -0.465 e. The quantitative estimate of drug-likeness (QED) is 0.637. The normalized spacial score (nSPS) is 14.5. The number of hydrogen-bond donors (Lipinski definition) is 4. The van der Waals surface area contributed by atoms with Crippen LogP contribution in [0, 0.1) is 0 Å². The third-order valence-corrected chi connectivity index (χ3v) is 3.10. The molecule has 1 aliphatic heterocycles. The standard InChI is InChI=1S/C11H13N7O2/c19-11(20)13-8(10-14-16-17-15-10)5-18-6-12-7-3-1-2-4-9(7)18/h1-4,8,12-13H,5-6H2,(H,19,20)(H,14,15,16,17). The van der Waals surface area contributed by atoms with Crippen LogP contribution in [-0.4, -0.2) is 45.0 Å². The van der Waals surface area contributed by atoms with E-state index in [1.54, 1.807) is 0 Å². The molecule has 1 aromatic carbocycles. The predicted octanol–water partition coefficient (Wildman–Crippen LogP) is 0.398. The molecule has 1 atom stereocenters. The molecule has 9 heteroatoms. The molecular formula is C11H13N7O2. The molecule has 2 aromatic rings. The van der Waals surface area contributed by atoms with Crippen LogP contribution in [0.25, 0.3) is 0 Å². The zero-order chi connectivity index (χ0) is 13.9. The van der Waals surface area contributed by atoms with Gasteiger partial charge in [0.1, 0.15) is 6.04 Å². The molecule has 3 rings (SSSR count). The summed E-state index contributed by atoms with van der Waals surface area (Å²) < 4.78 is 0. The topological polar surface area (TPSA) is 119 Å². The summed E-state index contributed by atoms with van der Waals surface area (Å²) in [5, 5.41) is 27.9. The summed E-state index contributed by atoms with van der Waals surface area (Å²) in [5.41, 5.74) is 2.05. The summed E-state index contributed by atoms with van der Waals surface area (Å²) in [6.07, 6.45) is -1.12. The summed E-state index contributed by atoms with van der Waals surface area (Å²) in [7, 11) is 0. The van der Waals surface area contributed by atoms with Gasteiger partial charge in [0.05, 0.1) is 18.0 Å².